The Kier molecular flexibility index (Phi) is 3.68. The summed E-state index contributed by atoms with van der Waals surface area (Å²) < 4.78 is 3.16. The number of nitrogens with zero attached hydrogens (tertiary/aromatic N) is 1. The second-order valence-electron chi connectivity index (χ2n) is 5.48. The fourth-order valence-corrected chi connectivity index (χ4v) is 3.95. The summed E-state index contributed by atoms with van der Waals surface area (Å²) >= 11 is 11.6. The van der Waals surface area contributed by atoms with E-state index >= 15 is 0 Å². The topological polar surface area (TPSA) is 20.7 Å². The number of hydrogen-bond donors (Lipinski definition) is 1. The van der Waals surface area contributed by atoms with Crippen LogP contribution in [0.2, 0.25) is 5.02 Å². The smallest absolute Gasteiger partial charge is 0.178 e. The molecule has 1 saturated carbocycles. The van der Waals surface area contributed by atoms with Crippen molar-refractivity contribution >= 4 is 34.9 Å². The van der Waals surface area contributed by atoms with Crippen molar-refractivity contribution in [3.63, 3.8) is 0 Å². The first kappa shape index (κ1) is 13.2. The Labute approximate surface area is 123 Å². The molecule has 4 heteroatoms. The number of rotatable bonds is 2. The summed E-state index contributed by atoms with van der Waals surface area (Å²) in [5, 5.41) is 0.756. The van der Waals surface area contributed by atoms with E-state index in [2.05, 4.69) is 22.5 Å². The van der Waals surface area contributed by atoms with Crippen LogP contribution in [0, 0.1) is 10.7 Å². The third-order valence-corrected chi connectivity index (χ3v) is 4.94. The maximum absolute atomic E-state index is 6.06. The van der Waals surface area contributed by atoms with Gasteiger partial charge in [0.15, 0.2) is 4.77 Å². The summed E-state index contributed by atoms with van der Waals surface area (Å²) in [5.74, 6) is 0.745. The Morgan fingerprint density at radius 1 is 1.37 bits per heavy atom. The third-order valence-electron chi connectivity index (χ3n) is 4.40. The van der Waals surface area contributed by atoms with Crippen LogP contribution in [0.1, 0.15) is 45.1 Å². The highest BCUT2D eigenvalue weighted by Gasteiger charge is 2.26. The minimum atomic E-state index is 0.543. The number of halogens is 1. The van der Waals surface area contributed by atoms with Gasteiger partial charge in [0.05, 0.1) is 11.0 Å². The Morgan fingerprint density at radius 2 is 2.16 bits per heavy atom. The van der Waals surface area contributed by atoms with Gasteiger partial charge in [0.2, 0.25) is 0 Å². The molecule has 19 heavy (non-hydrogen) atoms. The highest BCUT2D eigenvalue weighted by atomic mass is 35.5. The largest absolute Gasteiger partial charge is 0.331 e. The van der Waals surface area contributed by atoms with Crippen LogP contribution >= 0.6 is 23.8 Å². The Bertz CT molecular complexity index is 643. The van der Waals surface area contributed by atoms with Crippen LogP contribution < -0.4 is 0 Å². The number of nitrogens with one attached hydrogen (secondary N) is 1. The second kappa shape index (κ2) is 5.29. The lowest BCUT2D eigenvalue weighted by Gasteiger charge is -2.32. The number of hydrogen-bond acceptors (Lipinski definition) is 1. The predicted molar refractivity (Wildman–Crippen MR) is 83.4 cm³/mol. The van der Waals surface area contributed by atoms with Gasteiger partial charge in [-0.1, -0.05) is 37.8 Å². The summed E-state index contributed by atoms with van der Waals surface area (Å²) in [6.45, 7) is 2.29. The van der Waals surface area contributed by atoms with Crippen LogP contribution in [0.3, 0.4) is 0 Å². The molecule has 0 spiro atoms. The summed E-state index contributed by atoms with van der Waals surface area (Å²) in [7, 11) is 0. The van der Waals surface area contributed by atoms with Gasteiger partial charge in [-0.05, 0) is 49.2 Å². The van der Waals surface area contributed by atoms with Crippen molar-refractivity contribution in [2.75, 3.05) is 0 Å². The molecule has 2 unspecified atom stereocenters. The number of aromatic nitrogens is 2. The van der Waals surface area contributed by atoms with Crippen LogP contribution in [0.15, 0.2) is 18.2 Å². The van der Waals surface area contributed by atoms with E-state index in [0.29, 0.717) is 6.04 Å². The first-order valence-corrected chi connectivity index (χ1v) is 7.89. The van der Waals surface area contributed by atoms with Crippen molar-refractivity contribution in [2.24, 2.45) is 5.92 Å². The van der Waals surface area contributed by atoms with Crippen LogP contribution in [0.5, 0.6) is 0 Å². The van der Waals surface area contributed by atoms with Gasteiger partial charge in [0, 0.05) is 11.1 Å². The predicted octanol–water partition coefficient (Wildman–Crippen LogP) is 5.49. The molecule has 0 radical (unpaired) electrons. The summed E-state index contributed by atoms with van der Waals surface area (Å²) in [4.78, 5) is 3.30. The van der Waals surface area contributed by atoms with Gasteiger partial charge >= 0.3 is 0 Å². The maximum Gasteiger partial charge on any atom is 0.178 e. The van der Waals surface area contributed by atoms with Gasteiger partial charge < -0.3 is 9.55 Å². The van der Waals surface area contributed by atoms with E-state index < -0.39 is 0 Å². The van der Waals surface area contributed by atoms with Gasteiger partial charge in [-0.3, -0.25) is 0 Å². The minimum absolute atomic E-state index is 0.543. The number of imidazole rings is 1. The number of benzene rings is 1. The first-order chi connectivity index (χ1) is 9.20. The fourth-order valence-electron chi connectivity index (χ4n) is 3.44. The van der Waals surface area contributed by atoms with Gasteiger partial charge in [-0.25, -0.2) is 0 Å². The van der Waals surface area contributed by atoms with Gasteiger partial charge in [0.1, 0.15) is 0 Å². The molecule has 1 heterocycles. The molecule has 0 bridgehead atoms. The van der Waals surface area contributed by atoms with Gasteiger partial charge in [-0.15, -0.1) is 0 Å². The van der Waals surface area contributed by atoms with Crippen molar-refractivity contribution < 1.29 is 0 Å². The number of fused-ring (bicyclic) bond motifs is 1. The standard InChI is InChI=1S/C15H19ClN2S/c1-2-10-5-3-4-6-13(10)18-14-8-7-11(16)9-12(14)17-15(18)19/h7-10,13H,2-6H2,1H3,(H,17,19). The van der Waals surface area contributed by atoms with Crippen molar-refractivity contribution in [1.82, 2.24) is 9.55 Å². The summed E-state index contributed by atoms with van der Waals surface area (Å²) in [5.41, 5.74) is 2.25. The van der Waals surface area contributed by atoms with E-state index in [-0.39, 0.29) is 0 Å². The van der Waals surface area contributed by atoms with Crippen molar-refractivity contribution in [3.8, 4) is 0 Å². The summed E-state index contributed by atoms with van der Waals surface area (Å²) in [6, 6.07) is 6.55. The zero-order chi connectivity index (χ0) is 13.4. The molecule has 1 fully saturated rings. The van der Waals surface area contributed by atoms with Crippen molar-refractivity contribution in [3.05, 3.63) is 28.0 Å². The normalized spacial score (nSPS) is 23.9. The van der Waals surface area contributed by atoms with Gasteiger partial charge in [-0.2, -0.15) is 0 Å². The van der Waals surface area contributed by atoms with Crippen LogP contribution in [-0.2, 0) is 0 Å². The molecule has 1 aromatic carbocycles. The van der Waals surface area contributed by atoms with Crippen LogP contribution in [0.25, 0.3) is 11.0 Å². The Morgan fingerprint density at radius 3 is 2.95 bits per heavy atom. The molecule has 2 atom stereocenters. The average molecular weight is 295 g/mol. The molecule has 0 aliphatic heterocycles. The molecule has 2 aromatic rings. The highest BCUT2D eigenvalue weighted by Crippen LogP contribution is 2.38. The molecule has 102 valence electrons. The fraction of sp³-hybridized carbons (Fsp3) is 0.533. The number of aromatic amines is 1. The first-order valence-electron chi connectivity index (χ1n) is 7.10. The van der Waals surface area contributed by atoms with Crippen LogP contribution in [0.4, 0.5) is 0 Å². The van der Waals surface area contributed by atoms with Crippen molar-refractivity contribution in [1.29, 1.82) is 0 Å². The zero-order valence-corrected chi connectivity index (χ0v) is 12.7. The quantitative estimate of drug-likeness (QED) is 0.726. The Hall–Kier alpha value is -0.800. The SMILES string of the molecule is CCC1CCCCC1n1c(=S)[nH]c2cc(Cl)ccc21. The zero-order valence-electron chi connectivity index (χ0n) is 11.2. The highest BCUT2D eigenvalue weighted by molar-refractivity contribution is 7.71. The molecule has 1 aliphatic rings. The lowest BCUT2D eigenvalue weighted by molar-refractivity contribution is 0.235. The van der Waals surface area contributed by atoms with Crippen LogP contribution in [-0.4, -0.2) is 9.55 Å². The molecule has 1 aromatic heterocycles. The third kappa shape index (κ3) is 2.34. The molecular weight excluding hydrogens is 276 g/mol. The monoisotopic (exact) mass is 294 g/mol. The molecule has 3 rings (SSSR count). The molecule has 1 N–H and O–H groups in total. The molecule has 0 amide bonds. The summed E-state index contributed by atoms with van der Waals surface area (Å²) in [6.07, 6.45) is 6.46. The minimum Gasteiger partial charge on any atom is -0.331 e. The van der Waals surface area contributed by atoms with E-state index in [1.54, 1.807) is 0 Å². The molecular formula is C15H19ClN2S. The van der Waals surface area contributed by atoms with Crippen molar-refractivity contribution in [2.45, 2.75) is 45.1 Å². The maximum atomic E-state index is 6.06. The Balaban J connectivity index is 2.13. The average Bonchev–Trinajstić information content (AvgIpc) is 2.73. The van der Waals surface area contributed by atoms with E-state index in [1.165, 1.54) is 37.6 Å². The number of H-pyrrole nitrogens is 1. The molecule has 1 aliphatic carbocycles. The second-order valence-corrected chi connectivity index (χ2v) is 6.30. The lowest BCUT2D eigenvalue weighted by atomic mass is 9.82. The van der Waals surface area contributed by atoms with E-state index in [4.69, 9.17) is 23.8 Å². The van der Waals surface area contributed by atoms with E-state index in [9.17, 15) is 0 Å². The van der Waals surface area contributed by atoms with E-state index in [1.807, 2.05) is 12.1 Å². The van der Waals surface area contributed by atoms with Gasteiger partial charge in [0.25, 0.3) is 0 Å². The molecule has 0 saturated heterocycles. The lowest BCUT2D eigenvalue weighted by Crippen LogP contribution is -2.22. The van der Waals surface area contributed by atoms with E-state index in [0.717, 1.165) is 21.2 Å². The molecule has 2 nitrogen and oxygen atoms in total.